The average molecular weight is 294 g/mol. The minimum Gasteiger partial charge on any atom is -0.422 e. The van der Waals surface area contributed by atoms with Crippen molar-refractivity contribution in [2.75, 3.05) is 0 Å². The Balaban J connectivity index is 2.01. The van der Waals surface area contributed by atoms with E-state index in [1.54, 1.807) is 22.2 Å². The highest BCUT2D eigenvalue weighted by Crippen LogP contribution is 2.25. The first-order chi connectivity index (χ1) is 10.3. The van der Waals surface area contributed by atoms with Gasteiger partial charge in [-0.1, -0.05) is 18.2 Å². The topological polar surface area (TPSA) is 48.0 Å². The molecule has 4 aromatic rings. The molecule has 0 N–H and O–H groups in total. The Morgan fingerprint density at radius 2 is 2.00 bits per heavy atom. The first-order valence-electron chi connectivity index (χ1n) is 6.43. The van der Waals surface area contributed by atoms with Crippen LogP contribution in [0.5, 0.6) is 0 Å². The summed E-state index contributed by atoms with van der Waals surface area (Å²) in [6.45, 7) is 0. The largest absolute Gasteiger partial charge is 0.422 e. The molecule has 5 heteroatoms. The highest BCUT2D eigenvalue weighted by molar-refractivity contribution is 7.08. The minimum absolute atomic E-state index is 0.365. The van der Waals surface area contributed by atoms with Gasteiger partial charge in [-0.2, -0.15) is 16.4 Å². The molecule has 3 heterocycles. The first kappa shape index (κ1) is 12.1. The normalized spacial score (nSPS) is 11.0. The van der Waals surface area contributed by atoms with Crippen molar-refractivity contribution >= 4 is 22.2 Å². The molecular formula is C16H10N2O2S. The smallest absolute Gasteiger partial charge is 0.347 e. The lowest BCUT2D eigenvalue weighted by Crippen LogP contribution is -2.01. The van der Waals surface area contributed by atoms with E-state index in [0.29, 0.717) is 11.1 Å². The van der Waals surface area contributed by atoms with Gasteiger partial charge in [0.2, 0.25) is 0 Å². The number of hydrogen-bond acceptors (Lipinski definition) is 4. The van der Waals surface area contributed by atoms with E-state index in [2.05, 4.69) is 5.10 Å². The quantitative estimate of drug-likeness (QED) is 0.566. The number of thiophene rings is 1. The van der Waals surface area contributed by atoms with Gasteiger partial charge in [-0.3, -0.25) is 0 Å². The van der Waals surface area contributed by atoms with Crippen LogP contribution in [0.4, 0.5) is 0 Å². The maximum Gasteiger partial charge on any atom is 0.347 e. The molecule has 0 fully saturated rings. The molecule has 0 atom stereocenters. The van der Waals surface area contributed by atoms with Crippen molar-refractivity contribution < 1.29 is 4.42 Å². The van der Waals surface area contributed by atoms with Crippen LogP contribution in [-0.4, -0.2) is 9.78 Å². The van der Waals surface area contributed by atoms with Crippen LogP contribution in [0.3, 0.4) is 0 Å². The maximum absolute atomic E-state index is 12.1. The van der Waals surface area contributed by atoms with E-state index < -0.39 is 0 Å². The second kappa shape index (κ2) is 4.71. The lowest BCUT2D eigenvalue weighted by molar-refractivity contribution is 0.535. The van der Waals surface area contributed by atoms with E-state index >= 15 is 0 Å². The Kier molecular flexibility index (Phi) is 2.72. The molecule has 21 heavy (non-hydrogen) atoms. The van der Waals surface area contributed by atoms with E-state index in [0.717, 1.165) is 16.8 Å². The fourth-order valence-electron chi connectivity index (χ4n) is 2.28. The lowest BCUT2D eigenvalue weighted by Gasteiger charge is -2.03. The van der Waals surface area contributed by atoms with Crippen molar-refractivity contribution in [1.29, 1.82) is 0 Å². The van der Waals surface area contributed by atoms with Gasteiger partial charge in [-0.25, -0.2) is 9.48 Å². The van der Waals surface area contributed by atoms with Gasteiger partial charge in [0.25, 0.3) is 0 Å². The molecule has 0 radical (unpaired) electrons. The van der Waals surface area contributed by atoms with Crippen molar-refractivity contribution in [1.82, 2.24) is 9.78 Å². The Labute approximate surface area is 123 Å². The summed E-state index contributed by atoms with van der Waals surface area (Å²) in [7, 11) is 0. The Morgan fingerprint density at radius 1 is 1.14 bits per heavy atom. The molecule has 0 aliphatic rings. The van der Waals surface area contributed by atoms with Crippen LogP contribution in [0.2, 0.25) is 0 Å². The van der Waals surface area contributed by atoms with Gasteiger partial charge in [-0.15, -0.1) is 0 Å². The number of nitrogens with zero attached hydrogens (tertiary/aromatic N) is 2. The molecule has 0 saturated heterocycles. The number of aromatic nitrogens is 2. The molecule has 0 aliphatic carbocycles. The van der Waals surface area contributed by atoms with Gasteiger partial charge in [0, 0.05) is 17.0 Å². The molecular weight excluding hydrogens is 284 g/mol. The van der Waals surface area contributed by atoms with Crippen molar-refractivity contribution in [2.24, 2.45) is 0 Å². The third kappa shape index (κ3) is 1.98. The van der Waals surface area contributed by atoms with Gasteiger partial charge in [0.15, 0.2) is 0 Å². The molecule has 0 bridgehead atoms. The van der Waals surface area contributed by atoms with Gasteiger partial charge < -0.3 is 4.42 Å². The predicted molar refractivity (Wildman–Crippen MR) is 82.9 cm³/mol. The number of para-hydroxylation sites is 1. The van der Waals surface area contributed by atoms with Gasteiger partial charge in [0.1, 0.15) is 11.1 Å². The first-order valence-corrected chi connectivity index (χ1v) is 7.37. The number of hydrogen-bond donors (Lipinski definition) is 0. The summed E-state index contributed by atoms with van der Waals surface area (Å²) in [5, 5.41) is 8.70. The second-order valence-corrected chi connectivity index (χ2v) is 5.38. The molecule has 0 spiro atoms. The van der Waals surface area contributed by atoms with Crippen LogP contribution < -0.4 is 5.63 Å². The summed E-state index contributed by atoms with van der Waals surface area (Å²) < 4.78 is 7.13. The summed E-state index contributed by atoms with van der Waals surface area (Å²) in [6.07, 6.45) is 1.55. The minimum atomic E-state index is -0.365. The fourth-order valence-corrected chi connectivity index (χ4v) is 2.93. The van der Waals surface area contributed by atoms with E-state index in [-0.39, 0.29) is 5.63 Å². The van der Waals surface area contributed by atoms with Crippen LogP contribution >= 0.6 is 11.3 Å². The Bertz CT molecular complexity index is 953. The van der Waals surface area contributed by atoms with Gasteiger partial charge in [0.05, 0.1) is 17.4 Å². The van der Waals surface area contributed by atoms with Crippen molar-refractivity contribution in [3.05, 3.63) is 69.8 Å². The van der Waals surface area contributed by atoms with Crippen LogP contribution in [-0.2, 0) is 0 Å². The van der Waals surface area contributed by atoms with E-state index in [1.165, 1.54) is 0 Å². The van der Waals surface area contributed by atoms with E-state index in [9.17, 15) is 4.79 Å². The van der Waals surface area contributed by atoms with Gasteiger partial charge >= 0.3 is 5.63 Å². The monoisotopic (exact) mass is 294 g/mol. The number of fused-ring (bicyclic) bond motifs is 1. The maximum atomic E-state index is 12.1. The van der Waals surface area contributed by atoms with Crippen molar-refractivity contribution in [2.45, 2.75) is 0 Å². The van der Waals surface area contributed by atoms with Gasteiger partial charge in [-0.05, 0) is 23.6 Å². The van der Waals surface area contributed by atoms with Crippen LogP contribution in [0.25, 0.3) is 27.9 Å². The standard InChI is InChI=1S/C16H10N2O2S/c19-16-13-9-17-18(12-4-2-1-3-5-12)14(13)8-15(20-16)11-6-7-21-10-11/h1-10H. The molecule has 3 aromatic heterocycles. The number of rotatable bonds is 2. The van der Waals surface area contributed by atoms with E-state index in [1.807, 2.05) is 53.2 Å². The summed E-state index contributed by atoms with van der Waals surface area (Å²) in [5.41, 5.74) is 2.20. The van der Waals surface area contributed by atoms with Crippen molar-refractivity contribution in [3.63, 3.8) is 0 Å². The summed E-state index contributed by atoms with van der Waals surface area (Å²) in [4.78, 5) is 12.1. The van der Waals surface area contributed by atoms with E-state index in [4.69, 9.17) is 4.42 Å². The summed E-state index contributed by atoms with van der Waals surface area (Å²) in [6, 6.07) is 13.5. The Hall–Kier alpha value is -2.66. The number of benzene rings is 1. The average Bonchev–Trinajstić information content (AvgIpc) is 3.18. The SMILES string of the molecule is O=c1oc(-c2ccsc2)cc2c1cnn2-c1ccccc1. The molecule has 102 valence electrons. The zero-order valence-corrected chi connectivity index (χ0v) is 11.7. The highest BCUT2D eigenvalue weighted by Gasteiger charge is 2.12. The van der Waals surface area contributed by atoms with Crippen LogP contribution in [0.15, 0.2) is 68.6 Å². The molecule has 0 amide bonds. The lowest BCUT2D eigenvalue weighted by atomic mass is 10.2. The molecule has 0 aliphatic heterocycles. The third-order valence-corrected chi connectivity index (χ3v) is 3.99. The van der Waals surface area contributed by atoms with Crippen molar-refractivity contribution in [3.8, 4) is 17.0 Å². The molecule has 0 saturated carbocycles. The molecule has 0 unspecified atom stereocenters. The van der Waals surface area contributed by atoms with Crippen LogP contribution in [0, 0.1) is 0 Å². The third-order valence-electron chi connectivity index (χ3n) is 3.30. The van der Waals surface area contributed by atoms with Crippen LogP contribution in [0.1, 0.15) is 0 Å². The molecule has 1 aromatic carbocycles. The fraction of sp³-hybridized carbons (Fsp3) is 0. The zero-order valence-electron chi connectivity index (χ0n) is 10.9. The predicted octanol–water partition coefficient (Wildman–Crippen LogP) is 3.71. The zero-order chi connectivity index (χ0) is 14.2. The molecule has 4 nitrogen and oxygen atoms in total. The summed E-state index contributed by atoms with van der Waals surface area (Å²) in [5.74, 6) is 0.562. The molecule has 4 rings (SSSR count). The highest BCUT2D eigenvalue weighted by atomic mass is 32.1. The Morgan fingerprint density at radius 3 is 2.76 bits per heavy atom. The second-order valence-electron chi connectivity index (χ2n) is 4.60. The summed E-state index contributed by atoms with van der Waals surface area (Å²) >= 11 is 1.56.